The van der Waals surface area contributed by atoms with E-state index in [1.165, 1.54) is 0 Å². The molecule has 0 aliphatic carbocycles. The highest BCUT2D eigenvalue weighted by atomic mass is 35.5. The Bertz CT molecular complexity index is 655. The van der Waals surface area contributed by atoms with E-state index in [4.69, 9.17) is 27.9 Å². The fourth-order valence-electron chi connectivity index (χ4n) is 2.02. The van der Waals surface area contributed by atoms with Crippen molar-refractivity contribution in [1.29, 1.82) is 0 Å². The summed E-state index contributed by atoms with van der Waals surface area (Å²) in [5, 5.41) is 6.75. The van der Waals surface area contributed by atoms with Crippen LogP contribution >= 0.6 is 23.2 Å². The summed E-state index contributed by atoms with van der Waals surface area (Å²) in [7, 11) is 0. The van der Waals surface area contributed by atoms with Crippen LogP contribution in [0, 0.1) is 0 Å². The third-order valence-corrected chi connectivity index (χ3v) is 3.66. The van der Waals surface area contributed by atoms with Crippen LogP contribution in [0.4, 0.5) is 11.4 Å². The normalized spacial score (nSPS) is 10.3. The van der Waals surface area contributed by atoms with Gasteiger partial charge in [0.2, 0.25) is 5.91 Å². The van der Waals surface area contributed by atoms with Crippen LogP contribution in [0.3, 0.4) is 0 Å². The molecule has 2 rings (SSSR count). The molecule has 0 aliphatic heterocycles. The third-order valence-electron chi connectivity index (χ3n) is 3.22. The number of carbonyl (C=O) groups is 1. The van der Waals surface area contributed by atoms with Gasteiger partial charge in [-0.15, -0.1) is 0 Å². The SMILES string of the molecule is CCCCOc1ccc(NCC(=O)Nc2cc(Cl)cc(Cl)c2)cc1. The van der Waals surface area contributed by atoms with E-state index in [9.17, 15) is 4.79 Å². The molecule has 0 spiro atoms. The molecule has 2 aromatic rings. The second kappa shape index (κ2) is 9.40. The Labute approximate surface area is 152 Å². The second-order valence-electron chi connectivity index (χ2n) is 5.29. The van der Waals surface area contributed by atoms with Crippen LogP contribution < -0.4 is 15.4 Å². The molecule has 0 unspecified atom stereocenters. The Morgan fingerprint density at radius 3 is 2.33 bits per heavy atom. The largest absolute Gasteiger partial charge is 0.494 e. The number of rotatable bonds is 8. The number of halogens is 2. The van der Waals surface area contributed by atoms with Crippen molar-refractivity contribution in [1.82, 2.24) is 0 Å². The highest BCUT2D eigenvalue weighted by molar-refractivity contribution is 6.35. The first-order valence-corrected chi connectivity index (χ1v) is 8.55. The van der Waals surface area contributed by atoms with Crippen molar-refractivity contribution in [2.75, 3.05) is 23.8 Å². The quantitative estimate of drug-likeness (QED) is 0.629. The molecule has 2 N–H and O–H groups in total. The lowest BCUT2D eigenvalue weighted by atomic mass is 10.3. The Kier molecular flexibility index (Phi) is 7.22. The predicted molar refractivity (Wildman–Crippen MR) is 100 cm³/mol. The number of nitrogens with one attached hydrogen (secondary N) is 2. The molecule has 0 saturated carbocycles. The molecule has 0 aliphatic rings. The standard InChI is InChI=1S/C18H20Cl2N2O2/c1-2-3-8-24-17-6-4-15(5-7-17)21-12-18(23)22-16-10-13(19)9-14(20)11-16/h4-7,9-11,21H,2-3,8,12H2,1H3,(H,22,23). The van der Waals surface area contributed by atoms with Crippen LogP contribution in [-0.2, 0) is 4.79 Å². The van der Waals surface area contributed by atoms with Crippen LogP contribution in [0.25, 0.3) is 0 Å². The van der Waals surface area contributed by atoms with Gasteiger partial charge in [0, 0.05) is 21.4 Å². The summed E-state index contributed by atoms with van der Waals surface area (Å²) >= 11 is 11.8. The van der Waals surface area contributed by atoms with Crippen LogP contribution in [0.5, 0.6) is 5.75 Å². The Hall–Kier alpha value is -1.91. The summed E-state index contributed by atoms with van der Waals surface area (Å²) in [5.74, 6) is 0.642. The molecule has 4 nitrogen and oxygen atoms in total. The number of amides is 1. The summed E-state index contributed by atoms with van der Waals surface area (Å²) in [5.41, 5.74) is 1.41. The molecule has 0 aromatic heterocycles. The zero-order valence-corrected chi connectivity index (χ0v) is 15.0. The number of anilines is 2. The van der Waals surface area contributed by atoms with Gasteiger partial charge in [0.1, 0.15) is 5.75 Å². The molecule has 0 radical (unpaired) electrons. The van der Waals surface area contributed by atoms with Gasteiger partial charge in [0.15, 0.2) is 0 Å². The number of unbranched alkanes of at least 4 members (excludes halogenated alkanes) is 1. The van der Waals surface area contributed by atoms with Gasteiger partial charge in [-0.1, -0.05) is 36.5 Å². The fourth-order valence-corrected chi connectivity index (χ4v) is 2.54. The molecule has 0 atom stereocenters. The molecule has 24 heavy (non-hydrogen) atoms. The number of hydrogen-bond donors (Lipinski definition) is 2. The molecule has 6 heteroatoms. The van der Waals surface area contributed by atoms with Crippen LogP contribution in [0.15, 0.2) is 42.5 Å². The van der Waals surface area contributed by atoms with E-state index in [1.807, 2.05) is 24.3 Å². The predicted octanol–water partition coefficient (Wildman–Crippen LogP) is 5.22. The minimum Gasteiger partial charge on any atom is -0.494 e. The molecule has 0 saturated heterocycles. The topological polar surface area (TPSA) is 50.4 Å². The summed E-state index contributed by atoms with van der Waals surface area (Å²) in [6.45, 7) is 2.98. The summed E-state index contributed by atoms with van der Waals surface area (Å²) < 4.78 is 5.60. The Morgan fingerprint density at radius 2 is 1.71 bits per heavy atom. The third kappa shape index (κ3) is 6.30. The lowest BCUT2D eigenvalue weighted by Crippen LogP contribution is -2.21. The van der Waals surface area contributed by atoms with E-state index in [2.05, 4.69) is 17.6 Å². The maximum absolute atomic E-state index is 12.0. The van der Waals surface area contributed by atoms with Gasteiger partial charge in [-0.3, -0.25) is 4.79 Å². The van der Waals surface area contributed by atoms with E-state index in [-0.39, 0.29) is 12.5 Å². The minimum atomic E-state index is -0.184. The van der Waals surface area contributed by atoms with E-state index in [1.54, 1.807) is 18.2 Å². The zero-order valence-electron chi connectivity index (χ0n) is 13.4. The summed E-state index contributed by atoms with van der Waals surface area (Å²) in [4.78, 5) is 12.0. The molecule has 1 amide bonds. The van der Waals surface area contributed by atoms with E-state index in [0.29, 0.717) is 22.3 Å². The first-order chi connectivity index (χ1) is 11.6. The van der Waals surface area contributed by atoms with Crippen molar-refractivity contribution in [2.24, 2.45) is 0 Å². The Morgan fingerprint density at radius 1 is 1.04 bits per heavy atom. The van der Waals surface area contributed by atoms with Crippen LogP contribution in [0.2, 0.25) is 10.0 Å². The fraction of sp³-hybridized carbons (Fsp3) is 0.278. The van der Waals surface area contributed by atoms with Gasteiger partial charge >= 0.3 is 0 Å². The number of carbonyl (C=O) groups excluding carboxylic acids is 1. The van der Waals surface area contributed by atoms with Gasteiger partial charge < -0.3 is 15.4 Å². The summed E-state index contributed by atoms with van der Waals surface area (Å²) in [6, 6.07) is 12.4. The molecule has 0 bridgehead atoms. The number of benzene rings is 2. The van der Waals surface area contributed by atoms with Gasteiger partial charge in [0.25, 0.3) is 0 Å². The van der Waals surface area contributed by atoms with Gasteiger partial charge in [-0.05, 0) is 48.9 Å². The van der Waals surface area contributed by atoms with Crippen molar-refractivity contribution in [3.8, 4) is 5.75 Å². The lowest BCUT2D eigenvalue weighted by Gasteiger charge is -2.10. The first-order valence-electron chi connectivity index (χ1n) is 7.79. The van der Waals surface area contributed by atoms with Gasteiger partial charge in [-0.25, -0.2) is 0 Å². The van der Waals surface area contributed by atoms with Crippen LogP contribution in [-0.4, -0.2) is 19.1 Å². The maximum Gasteiger partial charge on any atom is 0.243 e. The average Bonchev–Trinajstić information content (AvgIpc) is 2.53. The van der Waals surface area contributed by atoms with Gasteiger partial charge in [0.05, 0.1) is 13.2 Å². The monoisotopic (exact) mass is 366 g/mol. The minimum absolute atomic E-state index is 0.139. The van der Waals surface area contributed by atoms with Crippen molar-refractivity contribution in [3.05, 3.63) is 52.5 Å². The Balaban J connectivity index is 1.80. The van der Waals surface area contributed by atoms with E-state index in [0.717, 1.165) is 24.3 Å². The number of hydrogen-bond acceptors (Lipinski definition) is 3. The lowest BCUT2D eigenvalue weighted by molar-refractivity contribution is -0.114. The maximum atomic E-state index is 12.0. The second-order valence-corrected chi connectivity index (χ2v) is 6.16. The molecule has 128 valence electrons. The highest BCUT2D eigenvalue weighted by Gasteiger charge is 2.04. The van der Waals surface area contributed by atoms with Crippen molar-refractivity contribution in [2.45, 2.75) is 19.8 Å². The number of ether oxygens (including phenoxy) is 1. The van der Waals surface area contributed by atoms with Gasteiger partial charge in [-0.2, -0.15) is 0 Å². The zero-order chi connectivity index (χ0) is 17.4. The van der Waals surface area contributed by atoms with E-state index >= 15 is 0 Å². The molecule has 2 aromatic carbocycles. The van der Waals surface area contributed by atoms with Crippen molar-refractivity contribution < 1.29 is 9.53 Å². The molecule has 0 fully saturated rings. The molecular weight excluding hydrogens is 347 g/mol. The average molecular weight is 367 g/mol. The smallest absolute Gasteiger partial charge is 0.243 e. The van der Waals surface area contributed by atoms with E-state index < -0.39 is 0 Å². The van der Waals surface area contributed by atoms with Crippen molar-refractivity contribution >= 4 is 40.5 Å². The molecular formula is C18H20Cl2N2O2. The molecule has 0 heterocycles. The van der Waals surface area contributed by atoms with Crippen molar-refractivity contribution in [3.63, 3.8) is 0 Å². The summed E-state index contributed by atoms with van der Waals surface area (Å²) in [6.07, 6.45) is 2.14. The highest BCUT2D eigenvalue weighted by Crippen LogP contribution is 2.22. The first kappa shape index (κ1) is 18.4. The van der Waals surface area contributed by atoms with Crippen LogP contribution in [0.1, 0.15) is 19.8 Å².